The molecule has 1 N–H and O–H groups in total. The van der Waals surface area contributed by atoms with E-state index in [1.54, 1.807) is 10.9 Å². The molecular formula is C20H22N4O2. The van der Waals surface area contributed by atoms with Gasteiger partial charge in [-0.1, -0.05) is 18.2 Å². The van der Waals surface area contributed by atoms with Gasteiger partial charge in [0.15, 0.2) is 0 Å². The van der Waals surface area contributed by atoms with Crippen LogP contribution < -0.4 is 5.32 Å². The molecule has 6 nitrogen and oxygen atoms in total. The first-order valence-corrected chi connectivity index (χ1v) is 8.82. The highest BCUT2D eigenvalue weighted by Crippen LogP contribution is 2.24. The van der Waals surface area contributed by atoms with Crippen molar-refractivity contribution >= 4 is 16.8 Å². The van der Waals surface area contributed by atoms with Crippen LogP contribution in [0, 0.1) is 12.8 Å². The third kappa shape index (κ3) is 3.08. The molecule has 0 bridgehead atoms. The van der Waals surface area contributed by atoms with Crippen LogP contribution in [0.2, 0.25) is 0 Å². The highest BCUT2D eigenvalue weighted by Gasteiger charge is 2.31. The van der Waals surface area contributed by atoms with E-state index in [2.05, 4.69) is 27.4 Å². The monoisotopic (exact) mass is 350 g/mol. The van der Waals surface area contributed by atoms with E-state index in [0.717, 1.165) is 23.0 Å². The number of hydrogen-bond donors (Lipinski definition) is 1. The number of rotatable bonds is 4. The zero-order valence-electron chi connectivity index (χ0n) is 15.0. The molecule has 2 aromatic heterocycles. The number of fused-ring (bicyclic) bond motifs is 1. The number of aromatic nitrogens is 3. The molecule has 0 aliphatic carbocycles. The zero-order valence-corrected chi connectivity index (χ0v) is 15.0. The minimum Gasteiger partial charge on any atom is -0.379 e. The summed E-state index contributed by atoms with van der Waals surface area (Å²) in [6, 6.07) is 10.2. The number of nitrogens with zero attached hydrogens (tertiary/aromatic N) is 3. The van der Waals surface area contributed by atoms with E-state index in [-0.39, 0.29) is 17.9 Å². The number of carbonyl (C=O) groups is 1. The SMILES string of the molecule is Cc1ncn(C)c1C(=O)N[C@H]1COC[C@H]1Cc1ccnc2ccccc12. The number of benzene rings is 1. The Hall–Kier alpha value is -2.73. The van der Waals surface area contributed by atoms with Gasteiger partial charge in [-0.25, -0.2) is 4.98 Å². The second-order valence-corrected chi connectivity index (χ2v) is 6.86. The first kappa shape index (κ1) is 16.7. The average molecular weight is 350 g/mol. The lowest BCUT2D eigenvalue weighted by molar-refractivity contribution is 0.0916. The summed E-state index contributed by atoms with van der Waals surface area (Å²) in [5.41, 5.74) is 3.57. The van der Waals surface area contributed by atoms with Gasteiger partial charge in [-0.15, -0.1) is 0 Å². The molecule has 1 fully saturated rings. The Balaban J connectivity index is 1.53. The van der Waals surface area contributed by atoms with Gasteiger partial charge in [-0.3, -0.25) is 9.78 Å². The van der Waals surface area contributed by atoms with Crippen molar-refractivity contribution in [3.05, 3.63) is 59.8 Å². The summed E-state index contributed by atoms with van der Waals surface area (Å²) in [4.78, 5) is 21.3. The van der Waals surface area contributed by atoms with Crippen LogP contribution in [0.15, 0.2) is 42.9 Å². The summed E-state index contributed by atoms with van der Waals surface area (Å²) in [7, 11) is 1.83. The van der Waals surface area contributed by atoms with Crippen LogP contribution in [0.1, 0.15) is 21.7 Å². The molecular weight excluding hydrogens is 328 g/mol. The summed E-state index contributed by atoms with van der Waals surface area (Å²) >= 11 is 0. The predicted octanol–water partition coefficient (Wildman–Crippen LogP) is 2.26. The number of amides is 1. The highest BCUT2D eigenvalue weighted by atomic mass is 16.5. The Kier molecular flexibility index (Phi) is 4.42. The Bertz CT molecular complexity index is 925. The molecule has 1 aliphatic heterocycles. The molecule has 3 heterocycles. The molecule has 1 amide bonds. The molecule has 0 spiro atoms. The maximum Gasteiger partial charge on any atom is 0.270 e. The molecule has 1 aromatic carbocycles. The topological polar surface area (TPSA) is 69.0 Å². The van der Waals surface area contributed by atoms with Crippen molar-refractivity contribution in [3.63, 3.8) is 0 Å². The standard InChI is InChI=1S/C20H22N4O2/c1-13-19(24(2)12-22-13)20(25)23-18-11-26-10-15(18)9-14-7-8-21-17-6-4-3-5-16(14)17/h3-8,12,15,18H,9-11H2,1-2H3,(H,23,25)/t15-,18+/m1/s1. The highest BCUT2D eigenvalue weighted by molar-refractivity contribution is 5.93. The second kappa shape index (κ2) is 6.88. The number of carbonyl (C=O) groups excluding carboxylic acids is 1. The van der Waals surface area contributed by atoms with Gasteiger partial charge in [0.05, 0.1) is 36.8 Å². The van der Waals surface area contributed by atoms with E-state index in [1.165, 1.54) is 5.56 Å². The van der Waals surface area contributed by atoms with Gasteiger partial charge in [0.1, 0.15) is 5.69 Å². The van der Waals surface area contributed by atoms with Gasteiger partial charge in [-0.05, 0) is 31.0 Å². The van der Waals surface area contributed by atoms with Gasteiger partial charge in [0.2, 0.25) is 0 Å². The number of para-hydroxylation sites is 1. The number of hydrogen-bond acceptors (Lipinski definition) is 4. The van der Waals surface area contributed by atoms with Gasteiger partial charge in [0.25, 0.3) is 5.91 Å². The number of aryl methyl sites for hydroxylation is 2. The van der Waals surface area contributed by atoms with Crippen molar-refractivity contribution in [2.24, 2.45) is 13.0 Å². The molecule has 2 atom stereocenters. The van der Waals surface area contributed by atoms with E-state index in [0.29, 0.717) is 18.9 Å². The van der Waals surface area contributed by atoms with Gasteiger partial charge >= 0.3 is 0 Å². The van der Waals surface area contributed by atoms with Crippen molar-refractivity contribution in [2.75, 3.05) is 13.2 Å². The fourth-order valence-corrected chi connectivity index (χ4v) is 3.68. The van der Waals surface area contributed by atoms with Crippen LogP contribution in [0.4, 0.5) is 0 Å². The molecule has 4 rings (SSSR count). The maximum absolute atomic E-state index is 12.7. The van der Waals surface area contributed by atoms with Crippen LogP contribution in [-0.4, -0.2) is 39.7 Å². The molecule has 0 radical (unpaired) electrons. The molecule has 6 heteroatoms. The molecule has 0 unspecified atom stereocenters. The van der Waals surface area contributed by atoms with E-state index < -0.39 is 0 Å². The van der Waals surface area contributed by atoms with E-state index >= 15 is 0 Å². The summed E-state index contributed by atoms with van der Waals surface area (Å²) in [6.07, 6.45) is 4.36. The first-order chi connectivity index (χ1) is 12.6. The van der Waals surface area contributed by atoms with Crippen molar-refractivity contribution in [3.8, 4) is 0 Å². The summed E-state index contributed by atoms with van der Waals surface area (Å²) in [5, 5.41) is 4.30. The number of nitrogens with one attached hydrogen (secondary N) is 1. The van der Waals surface area contributed by atoms with Gasteiger partial charge in [-0.2, -0.15) is 0 Å². The second-order valence-electron chi connectivity index (χ2n) is 6.86. The Morgan fingerprint density at radius 2 is 2.12 bits per heavy atom. The fourth-order valence-electron chi connectivity index (χ4n) is 3.68. The lowest BCUT2D eigenvalue weighted by Gasteiger charge is -2.20. The van der Waals surface area contributed by atoms with Crippen LogP contribution in [0.3, 0.4) is 0 Å². The zero-order chi connectivity index (χ0) is 18.1. The van der Waals surface area contributed by atoms with Crippen molar-refractivity contribution in [1.29, 1.82) is 0 Å². The normalized spacial score (nSPS) is 19.8. The maximum atomic E-state index is 12.7. The van der Waals surface area contributed by atoms with Crippen LogP contribution in [-0.2, 0) is 18.2 Å². The summed E-state index contributed by atoms with van der Waals surface area (Å²) in [6.45, 7) is 3.03. The third-order valence-electron chi connectivity index (χ3n) is 5.07. The molecule has 1 aliphatic rings. The summed E-state index contributed by atoms with van der Waals surface area (Å²) in [5.74, 6) is 0.140. The number of imidazole rings is 1. The minimum absolute atomic E-state index is 0.0104. The molecule has 1 saturated heterocycles. The molecule has 26 heavy (non-hydrogen) atoms. The van der Waals surface area contributed by atoms with E-state index in [4.69, 9.17) is 4.74 Å². The van der Waals surface area contributed by atoms with Crippen molar-refractivity contribution < 1.29 is 9.53 Å². The largest absolute Gasteiger partial charge is 0.379 e. The van der Waals surface area contributed by atoms with Gasteiger partial charge in [0, 0.05) is 24.5 Å². The minimum atomic E-state index is -0.0948. The Labute approximate surface area is 152 Å². The quantitative estimate of drug-likeness (QED) is 0.784. The Morgan fingerprint density at radius 1 is 1.27 bits per heavy atom. The van der Waals surface area contributed by atoms with E-state index in [9.17, 15) is 4.79 Å². The molecule has 3 aromatic rings. The predicted molar refractivity (Wildman–Crippen MR) is 99.0 cm³/mol. The van der Waals surface area contributed by atoms with Crippen molar-refractivity contribution in [1.82, 2.24) is 19.9 Å². The number of pyridine rings is 1. The van der Waals surface area contributed by atoms with Crippen molar-refractivity contribution in [2.45, 2.75) is 19.4 Å². The molecule has 0 saturated carbocycles. The van der Waals surface area contributed by atoms with Gasteiger partial charge < -0.3 is 14.6 Å². The molecule has 134 valence electrons. The van der Waals surface area contributed by atoms with Crippen LogP contribution in [0.25, 0.3) is 10.9 Å². The summed E-state index contributed by atoms with van der Waals surface area (Å²) < 4.78 is 7.44. The lowest BCUT2D eigenvalue weighted by atomic mass is 9.93. The lowest BCUT2D eigenvalue weighted by Crippen LogP contribution is -2.41. The Morgan fingerprint density at radius 3 is 2.92 bits per heavy atom. The third-order valence-corrected chi connectivity index (χ3v) is 5.07. The smallest absolute Gasteiger partial charge is 0.270 e. The number of ether oxygens (including phenoxy) is 1. The van der Waals surface area contributed by atoms with Crippen LogP contribution in [0.5, 0.6) is 0 Å². The first-order valence-electron chi connectivity index (χ1n) is 8.82. The van der Waals surface area contributed by atoms with Crippen LogP contribution >= 0.6 is 0 Å². The van der Waals surface area contributed by atoms with E-state index in [1.807, 2.05) is 38.4 Å². The fraction of sp³-hybridized carbons (Fsp3) is 0.350. The average Bonchev–Trinajstić information content (AvgIpc) is 3.21.